The average molecular weight is 541 g/mol. The monoisotopic (exact) mass is 540 g/mol. The maximum atomic E-state index is 12.5. The summed E-state index contributed by atoms with van der Waals surface area (Å²) in [5.41, 5.74) is 20.7. The predicted molar refractivity (Wildman–Crippen MR) is 151 cm³/mol. The number of piperidine rings is 1. The fourth-order valence-corrected chi connectivity index (χ4v) is 4.45. The molecule has 0 aliphatic carbocycles. The van der Waals surface area contributed by atoms with Gasteiger partial charge in [-0.25, -0.2) is 0 Å². The highest BCUT2D eigenvalue weighted by Gasteiger charge is 2.29. The number of hydrogen-bond acceptors (Lipinski definition) is 11. The molecule has 3 heterocycles. The maximum absolute atomic E-state index is 12.5. The summed E-state index contributed by atoms with van der Waals surface area (Å²) >= 11 is 0. The molecule has 1 aromatic heterocycles. The number of amides is 1. The van der Waals surface area contributed by atoms with Gasteiger partial charge in [-0.05, 0) is 37.6 Å². The molecule has 2 aromatic carbocycles. The third-order valence-corrected chi connectivity index (χ3v) is 6.42. The molecule has 13 heteroatoms. The zero-order valence-corrected chi connectivity index (χ0v) is 21.9. The van der Waals surface area contributed by atoms with Crippen molar-refractivity contribution >= 4 is 47.5 Å². The normalized spacial score (nSPS) is 19.4. The van der Waals surface area contributed by atoms with E-state index in [1.165, 1.54) is 6.07 Å². The lowest BCUT2D eigenvalue weighted by molar-refractivity contribution is 0.102. The largest absolute Gasteiger partial charge is 0.506 e. The topological polar surface area (TPSA) is 185 Å². The Labute approximate surface area is 227 Å². The number of carbonyl (C=O) groups is 1. The van der Waals surface area contributed by atoms with E-state index in [1.807, 2.05) is 28.9 Å². The minimum absolute atomic E-state index is 0. The SMILES string of the molecule is Cc1ccc(C(=O)Nc2ccc(Nc3nc(N4CC(N)CC(N)C4)nc(N4CC(N)C4)n3)cc2O)cc1.Cl. The minimum atomic E-state index is -0.312. The van der Waals surface area contributed by atoms with Gasteiger partial charge >= 0.3 is 0 Å². The average Bonchev–Trinajstić information content (AvgIpc) is 2.83. The van der Waals surface area contributed by atoms with E-state index in [2.05, 4.69) is 25.6 Å². The molecular formula is C25H33ClN10O2. The van der Waals surface area contributed by atoms with Crippen molar-refractivity contribution in [1.82, 2.24) is 15.0 Å². The Morgan fingerprint density at radius 1 is 0.895 bits per heavy atom. The first-order valence-corrected chi connectivity index (χ1v) is 12.2. The van der Waals surface area contributed by atoms with E-state index >= 15 is 0 Å². The third-order valence-electron chi connectivity index (χ3n) is 6.42. The van der Waals surface area contributed by atoms with Crippen LogP contribution in [0.1, 0.15) is 22.3 Å². The molecule has 3 aromatic rings. The number of phenolic OH excluding ortho intramolecular Hbond substituents is 1. The minimum Gasteiger partial charge on any atom is -0.506 e. The predicted octanol–water partition coefficient (Wildman–Crippen LogP) is 1.32. The van der Waals surface area contributed by atoms with E-state index in [0.29, 0.717) is 61.0 Å². The molecule has 2 saturated heterocycles. The van der Waals surface area contributed by atoms with Crippen molar-refractivity contribution in [3.05, 3.63) is 53.6 Å². The Hall–Kier alpha value is -3.71. The summed E-state index contributed by atoms with van der Waals surface area (Å²) in [4.78, 5) is 30.3. The van der Waals surface area contributed by atoms with Crippen molar-refractivity contribution in [3.8, 4) is 5.75 Å². The molecule has 2 aliphatic rings. The Morgan fingerprint density at radius 2 is 1.47 bits per heavy atom. The number of phenols is 1. The lowest BCUT2D eigenvalue weighted by atomic mass is 10.0. The smallest absolute Gasteiger partial charge is 0.255 e. The Balaban J connectivity index is 0.00000336. The van der Waals surface area contributed by atoms with Gasteiger partial charge in [0.2, 0.25) is 17.8 Å². The van der Waals surface area contributed by atoms with Crippen LogP contribution < -0.4 is 37.6 Å². The van der Waals surface area contributed by atoms with Crippen LogP contribution in [0.25, 0.3) is 0 Å². The first kappa shape index (κ1) is 27.3. The number of aromatic hydroxyl groups is 1. The van der Waals surface area contributed by atoms with Crippen LogP contribution in [0.2, 0.25) is 0 Å². The summed E-state index contributed by atoms with van der Waals surface area (Å²) in [7, 11) is 0. The summed E-state index contributed by atoms with van der Waals surface area (Å²) < 4.78 is 0. The highest BCUT2D eigenvalue weighted by atomic mass is 35.5. The number of nitrogens with one attached hydrogen (secondary N) is 2. The second-order valence-corrected chi connectivity index (χ2v) is 9.76. The molecule has 2 atom stereocenters. The number of rotatable bonds is 6. The van der Waals surface area contributed by atoms with Gasteiger partial charge in [-0.1, -0.05) is 17.7 Å². The number of nitrogens with two attached hydrogens (primary N) is 3. The quantitative estimate of drug-likeness (QED) is 0.248. The third kappa shape index (κ3) is 6.22. The fraction of sp³-hybridized carbons (Fsp3) is 0.360. The molecule has 202 valence electrons. The second kappa shape index (κ2) is 11.4. The van der Waals surface area contributed by atoms with E-state index in [4.69, 9.17) is 17.2 Å². The summed E-state index contributed by atoms with van der Waals surface area (Å²) in [6.07, 6.45) is 0.743. The number of nitrogens with zero attached hydrogens (tertiary/aromatic N) is 5. The standard InChI is InChI=1S/C25H32N10O2.ClH/c1-14-2-4-15(5-3-14)22(37)30-20-7-6-19(9-21(20)36)29-23-31-24(34-10-16(26)8-17(27)11-34)33-25(32-23)35-12-18(28)13-35;/h2-7,9,16-18,36H,8,10-13,26-28H2,1H3,(H,30,37)(H,29,31,32,33);1H. The van der Waals surface area contributed by atoms with Crippen molar-refractivity contribution in [2.45, 2.75) is 31.5 Å². The van der Waals surface area contributed by atoms with E-state index in [0.717, 1.165) is 12.0 Å². The van der Waals surface area contributed by atoms with Crippen molar-refractivity contribution < 1.29 is 9.90 Å². The molecule has 2 fully saturated rings. The van der Waals surface area contributed by atoms with Crippen molar-refractivity contribution in [3.63, 3.8) is 0 Å². The number of hydrogen-bond donors (Lipinski definition) is 6. The Bertz CT molecular complexity index is 1280. The van der Waals surface area contributed by atoms with Crippen LogP contribution in [-0.4, -0.2) is 70.3 Å². The number of benzene rings is 2. The summed E-state index contributed by atoms with van der Waals surface area (Å²) in [5.74, 6) is 0.886. The molecule has 12 nitrogen and oxygen atoms in total. The zero-order valence-electron chi connectivity index (χ0n) is 21.0. The van der Waals surface area contributed by atoms with Crippen LogP contribution in [-0.2, 0) is 0 Å². The van der Waals surface area contributed by atoms with Crippen LogP contribution in [0, 0.1) is 6.92 Å². The highest BCUT2D eigenvalue weighted by molar-refractivity contribution is 6.05. The van der Waals surface area contributed by atoms with Gasteiger partial charge in [0.15, 0.2) is 0 Å². The second-order valence-electron chi connectivity index (χ2n) is 9.76. The molecular weight excluding hydrogens is 508 g/mol. The van der Waals surface area contributed by atoms with Gasteiger partial charge in [-0.3, -0.25) is 4.79 Å². The van der Waals surface area contributed by atoms with E-state index in [-0.39, 0.29) is 42.2 Å². The molecule has 5 rings (SSSR count). The van der Waals surface area contributed by atoms with E-state index in [9.17, 15) is 9.90 Å². The first-order valence-electron chi connectivity index (χ1n) is 12.2. The molecule has 1 amide bonds. The summed E-state index contributed by atoms with van der Waals surface area (Å²) in [5, 5.41) is 16.5. The summed E-state index contributed by atoms with van der Waals surface area (Å²) in [6.45, 7) is 4.43. The summed E-state index contributed by atoms with van der Waals surface area (Å²) in [6, 6.07) is 12.0. The van der Waals surface area contributed by atoms with Gasteiger partial charge < -0.3 is 42.7 Å². The lowest BCUT2D eigenvalue weighted by Crippen LogP contribution is -2.56. The fourth-order valence-electron chi connectivity index (χ4n) is 4.45. The van der Waals surface area contributed by atoms with Crippen LogP contribution in [0.5, 0.6) is 5.75 Å². The highest BCUT2D eigenvalue weighted by Crippen LogP contribution is 2.30. The Kier molecular flexibility index (Phi) is 8.17. The van der Waals surface area contributed by atoms with Gasteiger partial charge in [0.1, 0.15) is 5.75 Å². The zero-order chi connectivity index (χ0) is 26.1. The van der Waals surface area contributed by atoms with Crippen LogP contribution in [0.3, 0.4) is 0 Å². The van der Waals surface area contributed by atoms with Crippen molar-refractivity contribution in [1.29, 1.82) is 0 Å². The number of anilines is 5. The van der Waals surface area contributed by atoms with E-state index in [1.54, 1.807) is 24.3 Å². The molecule has 38 heavy (non-hydrogen) atoms. The number of carbonyl (C=O) groups excluding carboxylic acids is 1. The van der Waals surface area contributed by atoms with Gasteiger partial charge in [0.25, 0.3) is 5.91 Å². The lowest BCUT2D eigenvalue weighted by Gasteiger charge is -2.38. The van der Waals surface area contributed by atoms with Crippen LogP contribution in [0.4, 0.5) is 29.2 Å². The Morgan fingerprint density at radius 3 is 2.03 bits per heavy atom. The molecule has 0 bridgehead atoms. The molecule has 2 aliphatic heterocycles. The van der Waals surface area contributed by atoms with Crippen molar-refractivity contribution in [2.75, 3.05) is 46.6 Å². The molecule has 0 spiro atoms. The number of aryl methyl sites for hydroxylation is 1. The maximum Gasteiger partial charge on any atom is 0.255 e. The van der Waals surface area contributed by atoms with Crippen LogP contribution in [0.15, 0.2) is 42.5 Å². The van der Waals surface area contributed by atoms with E-state index < -0.39 is 0 Å². The first-order chi connectivity index (χ1) is 17.7. The molecule has 0 saturated carbocycles. The number of halogens is 1. The molecule has 9 N–H and O–H groups in total. The van der Waals surface area contributed by atoms with Crippen LogP contribution >= 0.6 is 12.4 Å². The molecule has 2 unspecified atom stereocenters. The van der Waals surface area contributed by atoms with Gasteiger partial charge in [0, 0.05) is 61.6 Å². The molecule has 0 radical (unpaired) electrons. The van der Waals surface area contributed by atoms with Gasteiger partial charge in [0.05, 0.1) is 5.69 Å². The number of aromatic nitrogens is 3. The van der Waals surface area contributed by atoms with Gasteiger partial charge in [-0.15, -0.1) is 12.4 Å². The van der Waals surface area contributed by atoms with Gasteiger partial charge in [-0.2, -0.15) is 15.0 Å². The van der Waals surface area contributed by atoms with Crippen molar-refractivity contribution in [2.24, 2.45) is 17.2 Å².